The molecular formula is C8H9I2N3. The van der Waals surface area contributed by atoms with Crippen LogP contribution in [-0.2, 0) is 0 Å². The summed E-state index contributed by atoms with van der Waals surface area (Å²) in [7, 11) is 0. The minimum atomic E-state index is 0.472. The molecule has 1 atom stereocenters. The smallest absolute Gasteiger partial charge is 0.0939 e. The summed E-state index contributed by atoms with van der Waals surface area (Å²) in [4.78, 5) is 0. The normalized spacial score (nSPS) is 21.8. The third-order valence-electron chi connectivity index (χ3n) is 1.48. The van der Waals surface area contributed by atoms with E-state index in [-0.39, 0.29) is 0 Å². The van der Waals surface area contributed by atoms with Gasteiger partial charge in [-0.3, -0.25) is 0 Å². The van der Waals surface area contributed by atoms with Crippen molar-refractivity contribution in [2.45, 2.75) is 6.92 Å². The Bertz CT molecular complexity index is 279. The third-order valence-corrected chi connectivity index (χ3v) is 1.87. The van der Waals surface area contributed by atoms with Gasteiger partial charge in [-0.2, -0.15) is 1.44 Å². The quantitative estimate of drug-likeness (QED) is 0.298. The zero-order valence-corrected chi connectivity index (χ0v) is 11.4. The van der Waals surface area contributed by atoms with Gasteiger partial charge in [-0.1, -0.05) is 30.4 Å². The molecule has 0 saturated carbocycles. The van der Waals surface area contributed by atoms with Crippen LogP contribution in [0.5, 0.6) is 0 Å². The summed E-state index contributed by atoms with van der Waals surface area (Å²) in [6.45, 7) is 2.13. The molecule has 0 aromatic heterocycles. The fourth-order valence-electron chi connectivity index (χ4n) is 0.852. The highest BCUT2D eigenvalue weighted by atomic mass is 127. The van der Waals surface area contributed by atoms with Gasteiger partial charge in [0.15, 0.2) is 0 Å². The molecule has 3 nitrogen and oxygen atoms in total. The first kappa shape index (κ1) is 11.2. The Hall–Kier alpha value is 0.0800. The average molecular weight is 401 g/mol. The summed E-state index contributed by atoms with van der Waals surface area (Å²) >= 11 is 4.09. The molecule has 0 N–H and O–H groups in total. The van der Waals surface area contributed by atoms with Gasteiger partial charge in [-0.25, -0.2) is 0 Å². The van der Waals surface area contributed by atoms with Gasteiger partial charge >= 0.3 is 0 Å². The van der Waals surface area contributed by atoms with Gasteiger partial charge in [0.25, 0.3) is 0 Å². The standard InChI is InChI=1S/C8H9I2N3/c1-7-3-2-4-8(6-5-7)11-12-13(9)10/h2-7H,1H3. The minimum absolute atomic E-state index is 0.472. The summed E-state index contributed by atoms with van der Waals surface area (Å²) < 4.78 is 1.61. The van der Waals surface area contributed by atoms with Crippen LogP contribution in [0, 0.1) is 5.92 Å². The molecule has 0 aromatic carbocycles. The zero-order chi connectivity index (χ0) is 9.68. The van der Waals surface area contributed by atoms with Crippen LogP contribution >= 0.6 is 45.7 Å². The van der Waals surface area contributed by atoms with Gasteiger partial charge in [-0.05, 0) is 18.1 Å². The molecule has 0 spiro atoms. The molecule has 0 amide bonds. The van der Waals surface area contributed by atoms with E-state index < -0.39 is 0 Å². The van der Waals surface area contributed by atoms with Crippen molar-refractivity contribution in [3.8, 4) is 0 Å². The van der Waals surface area contributed by atoms with Crippen LogP contribution in [0.2, 0.25) is 0 Å². The Morgan fingerprint density at radius 1 is 1.38 bits per heavy atom. The first-order valence-electron chi connectivity index (χ1n) is 3.78. The number of hydrogen-bond acceptors (Lipinski definition) is 2. The molecular weight excluding hydrogens is 392 g/mol. The highest BCUT2D eigenvalue weighted by Crippen LogP contribution is 2.13. The second kappa shape index (κ2) is 5.74. The Labute approximate surface area is 106 Å². The summed E-state index contributed by atoms with van der Waals surface area (Å²) in [6, 6.07) is 0. The Kier molecular flexibility index (Phi) is 4.92. The van der Waals surface area contributed by atoms with Crippen molar-refractivity contribution in [2.24, 2.45) is 16.3 Å². The van der Waals surface area contributed by atoms with E-state index in [1.807, 2.05) is 64.0 Å². The van der Waals surface area contributed by atoms with Gasteiger partial charge in [0.2, 0.25) is 0 Å². The van der Waals surface area contributed by atoms with Crippen molar-refractivity contribution in [1.82, 2.24) is 1.44 Å². The number of nitrogens with zero attached hydrogens (tertiary/aromatic N) is 3. The lowest BCUT2D eigenvalue weighted by Crippen LogP contribution is -1.80. The molecule has 1 aliphatic rings. The van der Waals surface area contributed by atoms with Gasteiger partial charge in [0, 0.05) is 0 Å². The minimum Gasteiger partial charge on any atom is -0.157 e. The van der Waals surface area contributed by atoms with E-state index in [1.165, 1.54) is 0 Å². The Morgan fingerprint density at radius 2 is 2.15 bits per heavy atom. The SMILES string of the molecule is CC1C=CC=C(N=NN(I)I)C=C1. The van der Waals surface area contributed by atoms with Crippen LogP contribution in [0.3, 0.4) is 0 Å². The fourth-order valence-corrected chi connectivity index (χ4v) is 1.04. The van der Waals surface area contributed by atoms with Crippen LogP contribution in [0.4, 0.5) is 0 Å². The highest BCUT2D eigenvalue weighted by Gasteiger charge is 1.95. The fraction of sp³-hybridized carbons (Fsp3) is 0.250. The molecule has 5 heteroatoms. The molecule has 1 unspecified atom stereocenters. The van der Waals surface area contributed by atoms with Crippen LogP contribution in [0.25, 0.3) is 0 Å². The molecule has 0 radical (unpaired) electrons. The molecule has 0 heterocycles. The maximum absolute atomic E-state index is 4.04. The molecule has 0 saturated heterocycles. The van der Waals surface area contributed by atoms with E-state index >= 15 is 0 Å². The number of allylic oxidation sites excluding steroid dienone is 5. The lowest BCUT2D eigenvalue weighted by atomic mass is 10.2. The lowest BCUT2D eigenvalue weighted by molar-refractivity contribution is 0.824. The molecule has 1 aliphatic carbocycles. The van der Waals surface area contributed by atoms with Crippen molar-refractivity contribution in [2.75, 3.05) is 0 Å². The second-order valence-electron chi connectivity index (χ2n) is 2.60. The molecule has 70 valence electrons. The number of halogens is 2. The first-order valence-corrected chi connectivity index (χ1v) is 5.71. The summed E-state index contributed by atoms with van der Waals surface area (Å²) in [6.07, 6.45) is 10.1. The topological polar surface area (TPSA) is 28.0 Å². The van der Waals surface area contributed by atoms with Gasteiger partial charge in [0.1, 0.15) is 0 Å². The molecule has 0 fully saturated rings. The predicted molar refractivity (Wildman–Crippen MR) is 70.3 cm³/mol. The zero-order valence-electron chi connectivity index (χ0n) is 7.06. The van der Waals surface area contributed by atoms with Crippen molar-refractivity contribution >= 4 is 45.7 Å². The van der Waals surface area contributed by atoms with Crippen LogP contribution < -0.4 is 0 Å². The van der Waals surface area contributed by atoms with Crippen molar-refractivity contribution in [3.05, 3.63) is 36.1 Å². The van der Waals surface area contributed by atoms with Crippen LogP contribution in [0.1, 0.15) is 6.92 Å². The number of rotatable bonds is 2. The maximum Gasteiger partial charge on any atom is 0.0939 e. The second-order valence-corrected chi connectivity index (χ2v) is 6.27. The Morgan fingerprint density at radius 3 is 2.85 bits per heavy atom. The lowest BCUT2D eigenvalue weighted by Gasteiger charge is -1.94. The largest absolute Gasteiger partial charge is 0.157 e. The van der Waals surface area contributed by atoms with E-state index in [4.69, 9.17) is 0 Å². The molecule has 13 heavy (non-hydrogen) atoms. The average Bonchev–Trinajstić information content (AvgIpc) is 2.27. The van der Waals surface area contributed by atoms with Crippen LogP contribution in [-0.4, -0.2) is 1.44 Å². The molecule has 0 aromatic rings. The Balaban J connectivity index is 2.66. The highest BCUT2D eigenvalue weighted by molar-refractivity contribution is 14.2. The summed E-state index contributed by atoms with van der Waals surface area (Å²) in [5.74, 6) is 0.472. The monoisotopic (exact) mass is 401 g/mol. The third kappa shape index (κ3) is 4.75. The number of hydrogen-bond donors (Lipinski definition) is 0. The van der Waals surface area contributed by atoms with Gasteiger partial charge in [0.05, 0.1) is 51.4 Å². The van der Waals surface area contributed by atoms with Crippen molar-refractivity contribution < 1.29 is 0 Å². The van der Waals surface area contributed by atoms with E-state index in [9.17, 15) is 0 Å². The van der Waals surface area contributed by atoms with E-state index in [1.54, 1.807) is 1.44 Å². The van der Waals surface area contributed by atoms with Gasteiger partial charge in [-0.15, -0.1) is 5.11 Å². The molecule has 0 bridgehead atoms. The van der Waals surface area contributed by atoms with Crippen molar-refractivity contribution in [3.63, 3.8) is 0 Å². The van der Waals surface area contributed by atoms with Gasteiger partial charge < -0.3 is 0 Å². The van der Waals surface area contributed by atoms with E-state index in [0.29, 0.717) is 5.92 Å². The van der Waals surface area contributed by atoms with Crippen molar-refractivity contribution in [1.29, 1.82) is 0 Å². The summed E-state index contributed by atoms with van der Waals surface area (Å²) in [5.41, 5.74) is 0.874. The molecule has 1 rings (SSSR count). The predicted octanol–water partition coefficient (Wildman–Crippen LogP) is 4.00. The first-order chi connectivity index (χ1) is 6.18. The van der Waals surface area contributed by atoms with E-state index in [2.05, 4.69) is 29.4 Å². The van der Waals surface area contributed by atoms with Crippen LogP contribution in [0.15, 0.2) is 46.4 Å². The van der Waals surface area contributed by atoms with E-state index in [0.717, 1.165) is 5.70 Å². The molecule has 0 aliphatic heterocycles. The maximum atomic E-state index is 4.04. The summed E-state index contributed by atoms with van der Waals surface area (Å²) in [5, 5.41) is 7.93.